The van der Waals surface area contributed by atoms with Crippen LogP contribution in [-0.4, -0.2) is 46.5 Å². The standard InChI is InChI=1S/C26H29N5O3S2/c1-16-14-23(31(29-16)25-27-21-13-8-18(26(2,3)4)15-22(21)35-25)28-24(32)17-6-11-20(12-7-17)36(33,34)30(5)19-9-10-19/h6-8,11-15,19H,9-10H2,1-5H3,(H,28,32). The predicted octanol–water partition coefficient (Wildman–Crippen LogP) is 5.12. The molecule has 2 heterocycles. The van der Waals surface area contributed by atoms with Crippen LogP contribution < -0.4 is 5.32 Å². The van der Waals surface area contributed by atoms with Crippen molar-refractivity contribution in [2.75, 3.05) is 12.4 Å². The Morgan fingerprint density at radius 3 is 2.44 bits per heavy atom. The topological polar surface area (TPSA) is 97.2 Å². The zero-order chi connectivity index (χ0) is 25.8. The van der Waals surface area contributed by atoms with Crippen LogP contribution in [0.4, 0.5) is 5.82 Å². The third kappa shape index (κ3) is 4.68. The Balaban J connectivity index is 1.39. The Morgan fingerprint density at radius 1 is 1.11 bits per heavy atom. The fourth-order valence-corrected chi connectivity index (χ4v) is 6.36. The van der Waals surface area contributed by atoms with Gasteiger partial charge in [0.1, 0.15) is 5.82 Å². The highest BCUT2D eigenvalue weighted by Gasteiger charge is 2.35. The number of thiazole rings is 1. The van der Waals surface area contributed by atoms with Crippen LogP contribution in [-0.2, 0) is 15.4 Å². The average Bonchev–Trinajstić information content (AvgIpc) is 3.48. The van der Waals surface area contributed by atoms with E-state index in [1.807, 2.05) is 13.0 Å². The lowest BCUT2D eigenvalue weighted by Gasteiger charge is -2.18. The van der Waals surface area contributed by atoms with Gasteiger partial charge in [0.15, 0.2) is 0 Å². The number of benzene rings is 2. The van der Waals surface area contributed by atoms with Gasteiger partial charge in [-0.1, -0.05) is 38.2 Å². The molecular formula is C26H29N5O3S2. The molecule has 1 N–H and O–H groups in total. The van der Waals surface area contributed by atoms with Gasteiger partial charge in [-0.05, 0) is 67.1 Å². The summed E-state index contributed by atoms with van der Waals surface area (Å²) in [5, 5.41) is 8.11. The summed E-state index contributed by atoms with van der Waals surface area (Å²) >= 11 is 1.51. The number of aromatic nitrogens is 3. The molecule has 0 radical (unpaired) electrons. The first kappa shape index (κ1) is 24.6. The molecule has 1 aliphatic carbocycles. The fourth-order valence-electron chi connectivity index (χ4n) is 3.97. The van der Waals surface area contributed by atoms with Crippen LogP contribution in [0.2, 0.25) is 0 Å². The molecule has 0 unspecified atom stereocenters. The number of carbonyl (C=O) groups is 1. The maximum absolute atomic E-state index is 13.0. The molecule has 0 bridgehead atoms. The van der Waals surface area contributed by atoms with Crippen LogP contribution in [0, 0.1) is 6.92 Å². The van der Waals surface area contributed by atoms with Crippen molar-refractivity contribution in [3.63, 3.8) is 0 Å². The summed E-state index contributed by atoms with van der Waals surface area (Å²) in [4.78, 5) is 17.9. The molecular weight excluding hydrogens is 494 g/mol. The highest BCUT2D eigenvalue weighted by Crippen LogP contribution is 2.32. The summed E-state index contributed by atoms with van der Waals surface area (Å²) in [5.74, 6) is 0.143. The maximum atomic E-state index is 13.0. The molecule has 188 valence electrons. The Bertz CT molecular complexity index is 1560. The largest absolute Gasteiger partial charge is 0.306 e. The molecule has 0 atom stereocenters. The number of nitrogens with one attached hydrogen (secondary N) is 1. The van der Waals surface area contributed by atoms with E-state index in [9.17, 15) is 13.2 Å². The summed E-state index contributed by atoms with van der Waals surface area (Å²) in [5.41, 5.74) is 3.23. The van der Waals surface area contributed by atoms with Gasteiger partial charge in [0, 0.05) is 24.7 Å². The van der Waals surface area contributed by atoms with E-state index in [0.717, 1.165) is 28.8 Å². The lowest BCUT2D eigenvalue weighted by atomic mass is 9.87. The zero-order valence-corrected chi connectivity index (χ0v) is 22.6. The summed E-state index contributed by atoms with van der Waals surface area (Å²) in [7, 11) is -1.96. The Labute approximate surface area is 215 Å². The van der Waals surface area contributed by atoms with Gasteiger partial charge < -0.3 is 5.32 Å². The lowest BCUT2D eigenvalue weighted by molar-refractivity contribution is 0.102. The van der Waals surface area contributed by atoms with Gasteiger partial charge in [-0.15, -0.1) is 0 Å². The Morgan fingerprint density at radius 2 is 1.81 bits per heavy atom. The number of hydrogen-bond acceptors (Lipinski definition) is 6. The predicted molar refractivity (Wildman–Crippen MR) is 143 cm³/mol. The van der Waals surface area contributed by atoms with Crippen molar-refractivity contribution in [3.05, 3.63) is 65.4 Å². The van der Waals surface area contributed by atoms with Crippen LogP contribution in [0.3, 0.4) is 0 Å². The third-order valence-electron chi connectivity index (χ3n) is 6.35. The van der Waals surface area contributed by atoms with Gasteiger partial charge in [-0.25, -0.2) is 13.4 Å². The zero-order valence-electron chi connectivity index (χ0n) is 20.9. The molecule has 1 saturated carbocycles. The van der Waals surface area contributed by atoms with Crippen molar-refractivity contribution in [3.8, 4) is 5.13 Å². The van der Waals surface area contributed by atoms with Crippen LogP contribution in [0.1, 0.15) is 55.2 Å². The first-order valence-corrected chi connectivity index (χ1v) is 14.1. The first-order valence-electron chi connectivity index (χ1n) is 11.8. The Kier molecular flexibility index (Phi) is 6.01. The molecule has 8 nitrogen and oxygen atoms in total. The minimum absolute atomic E-state index is 0.0297. The van der Waals surface area contributed by atoms with Gasteiger partial charge in [0.25, 0.3) is 5.91 Å². The van der Waals surface area contributed by atoms with Gasteiger partial charge in [-0.2, -0.15) is 14.1 Å². The van der Waals surface area contributed by atoms with E-state index in [1.54, 1.807) is 17.8 Å². The van der Waals surface area contributed by atoms with Gasteiger partial charge in [0.05, 0.1) is 20.8 Å². The van der Waals surface area contributed by atoms with Crippen molar-refractivity contribution in [1.29, 1.82) is 0 Å². The molecule has 5 rings (SSSR count). The minimum atomic E-state index is -3.56. The van der Waals surface area contributed by atoms with Gasteiger partial charge in [0.2, 0.25) is 15.2 Å². The fraction of sp³-hybridized carbons (Fsp3) is 0.346. The molecule has 36 heavy (non-hydrogen) atoms. The summed E-state index contributed by atoms with van der Waals surface area (Å²) in [6.45, 7) is 8.38. The van der Waals surface area contributed by atoms with Crippen LogP contribution in [0.25, 0.3) is 15.3 Å². The van der Waals surface area contributed by atoms with E-state index in [1.165, 1.54) is 45.5 Å². The number of anilines is 1. The summed E-state index contributed by atoms with van der Waals surface area (Å²) in [6.07, 6.45) is 1.77. The van der Waals surface area contributed by atoms with Gasteiger partial charge >= 0.3 is 0 Å². The monoisotopic (exact) mass is 523 g/mol. The third-order valence-corrected chi connectivity index (χ3v) is 9.27. The molecule has 0 spiro atoms. The SMILES string of the molecule is Cc1cc(NC(=O)c2ccc(S(=O)(=O)N(C)C3CC3)cc2)n(-c2nc3ccc(C(C)(C)C)cc3s2)n1. The number of hydrogen-bond donors (Lipinski definition) is 1. The Hall–Kier alpha value is -3.08. The molecule has 4 aromatic rings. The molecule has 1 fully saturated rings. The van der Waals surface area contributed by atoms with Gasteiger partial charge in [-0.3, -0.25) is 4.79 Å². The van der Waals surface area contributed by atoms with E-state index in [0.29, 0.717) is 16.5 Å². The van der Waals surface area contributed by atoms with E-state index >= 15 is 0 Å². The van der Waals surface area contributed by atoms with Crippen LogP contribution in [0.5, 0.6) is 0 Å². The van der Waals surface area contributed by atoms with Crippen molar-refractivity contribution in [2.45, 2.75) is 56.9 Å². The number of rotatable bonds is 6. The van der Waals surface area contributed by atoms with E-state index in [-0.39, 0.29) is 22.3 Å². The molecule has 2 aromatic heterocycles. The number of sulfonamides is 1. The highest BCUT2D eigenvalue weighted by atomic mass is 32.2. The number of carbonyl (C=O) groups excluding carboxylic acids is 1. The molecule has 0 aliphatic heterocycles. The smallest absolute Gasteiger partial charge is 0.256 e. The van der Waals surface area contributed by atoms with Crippen LogP contribution in [0.15, 0.2) is 53.4 Å². The molecule has 0 saturated heterocycles. The lowest BCUT2D eigenvalue weighted by Crippen LogP contribution is -2.29. The summed E-state index contributed by atoms with van der Waals surface area (Å²) < 4.78 is 29.6. The number of amides is 1. The first-order chi connectivity index (χ1) is 16.9. The summed E-state index contributed by atoms with van der Waals surface area (Å²) in [6, 6.07) is 14.1. The number of nitrogens with zero attached hydrogens (tertiary/aromatic N) is 4. The van der Waals surface area contributed by atoms with E-state index in [2.05, 4.69) is 43.3 Å². The molecule has 10 heteroatoms. The average molecular weight is 524 g/mol. The molecule has 2 aromatic carbocycles. The highest BCUT2D eigenvalue weighted by molar-refractivity contribution is 7.89. The normalized spacial score (nSPS) is 14.5. The van der Waals surface area contributed by atoms with Crippen molar-refractivity contribution < 1.29 is 13.2 Å². The minimum Gasteiger partial charge on any atom is -0.306 e. The second kappa shape index (κ2) is 8.79. The van der Waals surface area contributed by atoms with Crippen LogP contribution >= 0.6 is 11.3 Å². The van der Waals surface area contributed by atoms with E-state index < -0.39 is 10.0 Å². The van der Waals surface area contributed by atoms with Crippen molar-refractivity contribution >= 4 is 43.3 Å². The quantitative estimate of drug-likeness (QED) is 0.378. The second-order valence-electron chi connectivity index (χ2n) is 10.2. The molecule has 1 aliphatic rings. The molecule has 1 amide bonds. The maximum Gasteiger partial charge on any atom is 0.256 e. The van der Waals surface area contributed by atoms with E-state index in [4.69, 9.17) is 4.98 Å². The number of aryl methyl sites for hydroxylation is 1. The number of fused-ring (bicyclic) bond motifs is 1. The van der Waals surface area contributed by atoms with Crippen molar-refractivity contribution in [1.82, 2.24) is 19.1 Å². The van der Waals surface area contributed by atoms with Crippen molar-refractivity contribution in [2.24, 2.45) is 0 Å². The second-order valence-corrected chi connectivity index (χ2v) is 13.2.